The van der Waals surface area contributed by atoms with Crippen molar-refractivity contribution in [2.45, 2.75) is 39.3 Å². The van der Waals surface area contributed by atoms with Crippen LogP contribution in [-0.2, 0) is 19.6 Å². The molecule has 0 aliphatic heterocycles. The molecule has 0 saturated carbocycles. The van der Waals surface area contributed by atoms with E-state index in [9.17, 15) is 5.11 Å². The van der Waals surface area contributed by atoms with Crippen molar-refractivity contribution >= 4 is 11.6 Å². The summed E-state index contributed by atoms with van der Waals surface area (Å²) in [6, 6.07) is 6.27. The van der Waals surface area contributed by atoms with Gasteiger partial charge in [-0.1, -0.05) is 73.4 Å². The Morgan fingerprint density at radius 1 is 1.17 bits per heavy atom. The summed E-state index contributed by atoms with van der Waals surface area (Å²) < 4.78 is 36.4. The molecule has 4 aromatic rings. The summed E-state index contributed by atoms with van der Waals surface area (Å²) >= 11 is 6.45. The van der Waals surface area contributed by atoms with Crippen molar-refractivity contribution in [1.29, 1.82) is 0 Å². The van der Waals surface area contributed by atoms with Gasteiger partial charge in [0.25, 0.3) is 0 Å². The minimum absolute atomic E-state index is 0.00702. The second-order valence-electron chi connectivity index (χ2n) is 6.75. The van der Waals surface area contributed by atoms with Gasteiger partial charge in [0.1, 0.15) is 16.7 Å². The number of tetrazole rings is 1. The molecule has 0 bridgehead atoms. The number of halogens is 1. The number of imidazole rings is 1. The quantitative estimate of drug-likeness (QED) is 0.439. The van der Waals surface area contributed by atoms with Crippen LogP contribution in [0.15, 0.2) is 48.4 Å². The van der Waals surface area contributed by atoms with Crippen LogP contribution in [-0.4, -0.2) is 35.3 Å². The first-order chi connectivity index (χ1) is 16.4. The smallest absolute Gasteiger partial charge is 0.205 e. The number of hydrogen-bond donors (Lipinski definition) is 2. The lowest BCUT2D eigenvalue weighted by atomic mass is 9.98. The number of aryl methyl sites for hydroxylation is 1. The molecule has 0 unspecified atom stereocenters. The first-order valence-corrected chi connectivity index (χ1v) is 10.0. The summed E-state index contributed by atoms with van der Waals surface area (Å²) in [5.41, 5.74) is 1.68. The zero-order valence-electron chi connectivity index (χ0n) is 20.4. The van der Waals surface area contributed by atoms with E-state index in [0.29, 0.717) is 34.9 Å². The Hall–Kier alpha value is -3.03. The van der Waals surface area contributed by atoms with Crippen molar-refractivity contribution < 1.29 is 10.6 Å². The zero-order valence-corrected chi connectivity index (χ0v) is 17.2. The lowest BCUT2D eigenvalue weighted by Crippen LogP contribution is -2.05. The van der Waals surface area contributed by atoms with Crippen LogP contribution in [0.25, 0.3) is 22.5 Å². The number of aromatic amines is 1. The Bertz CT molecular complexity index is 1300. The van der Waals surface area contributed by atoms with Crippen LogP contribution < -0.4 is 0 Å². The van der Waals surface area contributed by atoms with Gasteiger partial charge in [0.15, 0.2) is 0 Å². The number of hydrogen-bond acceptors (Lipinski definition) is 5. The number of unbranched alkanes of at least 4 members (excludes halogenated alkanes) is 1. The highest BCUT2D eigenvalue weighted by Gasteiger charge is 2.15. The summed E-state index contributed by atoms with van der Waals surface area (Å²) in [7, 11) is 0. The Kier molecular flexibility index (Phi) is 4.83. The van der Waals surface area contributed by atoms with E-state index in [4.69, 9.17) is 17.1 Å². The third-order valence-corrected chi connectivity index (χ3v) is 5.15. The summed E-state index contributed by atoms with van der Waals surface area (Å²) in [6.45, 7) is 1.73. The van der Waals surface area contributed by atoms with Crippen molar-refractivity contribution in [1.82, 2.24) is 30.2 Å². The van der Waals surface area contributed by atoms with Crippen LogP contribution in [0.2, 0.25) is 5.15 Å². The number of rotatable bonds is 8. The van der Waals surface area contributed by atoms with Gasteiger partial charge in [-0.05, 0) is 28.3 Å². The van der Waals surface area contributed by atoms with Crippen LogP contribution in [0.4, 0.5) is 0 Å². The molecule has 2 N–H and O–H groups in total. The Labute approximate surface area is 185 Å². The van der Waals surface area contributed by atoms with Gasteiger partial charge in [0, 0.05) is 12.0 Å². The molecule has 0 radical (unpaired) electrons. The van der Waals surface area contributed by atoms with Crippen molar-refractivity contribution in [3.63, 3.8) is 0 Å². The van der Waals surface area contributed by atoms with E-state index in [1.165, 1.54) is 0 Å². The highest BCUT2D eigenvalue weighted by molar-refractivity contribution is 6.30. The minimum atomic E-state index is -0.328. The molecule has 2 aromatic carbocycles. The lowest BCUT2D eigenvalue weighted by Gasteiger charge is -2.11. The summed E-state index contributed by atoms with van der Waals surface area (Å²) in [5, 5.41) is 23.8. The van der Waals surface area contributed by atoms with E-state index in [0.717, 1.165) is 12.8 Å². The van der Waals surface area contributed by atoms with Gasteiger partial charge in [-0.2, -0.15) is 5.21 Å². The predicted octanol–water partition coefficient (Wildman–Crippen LogP) is 4.27. The summed E-state index contributed by atoms with van der Waals surface area (Å²) in [5.74, 6) is 0.929. The molecule has 0 atom stereocenters. The minimum Gasteiger partial charge on any atom is -0.390 e. The van der Waals surface area contributed by atoms with Crippen LogP contribution in [0.3, 0.4) is 0 Å². The third kappa shape index (κ3) is 4.13. The molecule has 0 spiro atoms. The molecule has 0 amide bonds. The highest BCUT2D eigenvalue weighted by atomic mass is 35.5. The van der Waals surface area contributed by atoms with E-state index in [-0.39, 0.29) is 53.6 Å². The maximum atomic E-state index is 9.60. The van der Waals surface area contributed by atoms with Crippen LogP contribution in [0.5, 0.6) is 0 Å². The van der Waals surface area contributed by atoms with Gasteiger partial charge in [-0.3, -0.25) is 0 Å². The fraction of sp³-hybridized carbons (Fsp3) is 0.273. The standard InChI is InChI=1S/C22H23ClN6O/c1-2-3-8-20-24-19(14-30)21(23)29(20)13-15-9-11-16(12-10-15)17-6-4-5-7-18(17)22-25-27-28-26-22/h4-7,9-12,30H,2-3,8,13-14H2,1H3,(H,25,26,27,28)/i9D,10D,11D,12D. The van der Waals surface area contributed by atoms with E-state index in [1.807, 2.05) is 0 Å². The molecule has 2 heterocycles. The number of H-pyrrole nitrogens is 1. The number of nitrogens with one attached hydrogen (secondary N) is 1. The van der Waals surface area contributed by atoms with Gasteiger partial charge in [-0.25, -0.2) is 4.98 Å². The average molecular weight is 427 g/mol. The number of aliphatic hydroxyl groups is 1. The molecule has 4 rings (SSSR count). The number of aromatic nitrogens is 6. The maximum Gasteiger partial charge on any atom is 0.205 e. The van der Waals surface area contributed by atoms with Gasteiger partial charge in [0.2, 0.25) is 5.82 Å². The molecule has 7 nitrogen and oxygen atoms in total. The summed E-state index contributed by atoms with van der Waals surface area (Å²) in [6.07, 6.45) is 2.42. The van der Waals surface area contributed by atoms with Gasteiger partial charge in [0.05, 0.1) is 18.6 Å². The molecule has 0 saturated heterocycles. The highest BCUT2D eigenvalue weighted by Crippen LogP contribution is 2.30. The molecule has 30 heavy (non-hydrogen) atoms. The molecule has 2 aromatic heterocycles. The normalized spacial score (nSPS) is 13.0. The molecular weight excluding hydrogens is 400 g/mol. The lowest BCUT2D eigenvalue weighted by molar-refractivity contribution is 0.277. The SMILES string of the molecule is [2H]c1c([2H])c(-c2ccccc2-c2nn[nH]n2)c([2H])c([2H])c1Cn1c(CCCC)nc(CO)c1Cl. The second kappa shape index (κ2) is 9.19. The third-order valence-electron chi connectivity index (χ3n) is 4.73. The Morgan fingerprint density at radius 2 is 1.93 bits per heavy atom. The fourth-order valence-electron chi connectivity index (χ4n) is 3.20. The monoisotopic (exact) mass is 426 g/mol. The second-order valence-corrected chi connectivity index (χ2v) is 7.11. The van der Waals surface area contributed by atoms with Crippen molar-refractivity contribution in [2.24, 2.45) is 0 Å². The molecule has 8 heteroatoms. The Balaban J connectivity index is 1.84. The number of aliphatic hydroxyl groups excluding tert-OH is 1. The number of benzene rings is 2. The maximum absolute atomic E-state index is 9.60. The Morgan fingerprint density at radius 3 is 2.60 bits per heavy atom. The molecular formula is C22H23ClN6O. The topological polar surface area (TPSA) is 92.5 Å². The first-order valence-electron chi connectivity index (χ1n) is 11.7. The predicted molar refractivity (Wildman–Crippen MR) is 116 cm³/mol. The van der Waals surface area contributed by atoms with Gasteiger partial charge in [-0.15, -0.1) is 10.2 Å². The van der Waals surface area contributed by atoms with Crippen molar-refractivity contribution in [2.75, 3.05) is 0 Å². The largest absolute Gasteiger partial charge is 0.390 e. The van der Waals surface area contributed by atoms with E-state index >= 15 is 0 Å². The number of nitrogens with zero attached hydrogens (tertiary/aromatic N) is 5. The average Bonchev–Trinajstić information content (AvgIpc) is 3.48. The molecule has 0 aliphatic rings. The van der Waals surface area contributed by atoms with E-state index < -0.39 is 0 Å². The molecule has 0 aliphatic carbocycles. The van der Waals surface area contributed by atoms with Crippen LogP contribution >= 0.6 is 11.6 Å². The fourth-order valence-corrected chi connectivity index (χ4v) is 3.46. The van der Waals surface area contributed by atoms with Gasteiger partial charge < -0.3 is 9.67 Å². The van der Waals surface area contributed by atoms with E-state index in [2.05, 4.69) is 32.5 Å². The first kappa shape index (κ1) is 15.8. The molecule has 154 valence electrons. The van der Waals surface area contributed by atoms with Crippen LogP contribution in [0.1, 0.15) is 42.3 Å². The van der Waals surface area contributed by atoms with Gasteiger partial charge >= 0.3 is 0 Å². The van der Waals surface area contributed by atoms with Crippen LogP contribution in [0, 0.1) is 0 Å². The van der Waals surface area contributed by atoms with E-state index in [1.54, 1.807) is 28.8 Å². The molecule has 0 fully saturated rings. The van der Waals surface area contributed by atoms with Crippen molar-refractivity contribution in [3.8, 4) is 22.5 Å². The summed E-state index contributed by atoms with van der Waals surface area (Å²) in [4.78, 5) is 4.41. The van der Waals surface area contributed by atoms with Crippen molar-refractivity contribution in [3.05, 3.63) is 70.7 Å². The zero-order chi connectivity index (χ0) is 24.4.